The summed E-state index contributed by atoms with van der Waals surface area (Å²) in [5, 5.41) is 2.99. The Labute approximate surface area is 110 Å². The van der Waals surface area contributed by atoms with Crippen LogP contribution in [0.2, 0.25) is 0 Å². The lowest BCUT2D eigenvalue weighted by Gasteiger charge is -2.38. The van der Waals surface area contributed by atoms with Gasteiger partial charge in [0.25, 0.3) is 0 Å². The lowest BCUT2D eigenvalue weighted by molar-refractivity contribution is -0.139. The van der Waals surface area contributed by atoms with Crippen LogP contribution < -0.4 is 5.32 Å². The van der Waals surface area contributed by atoms with Crippen LogP contribution in [0.3, 0.4) is 0 Å². The Morgan fingerprint density at radius 2 is 1.79 bits per heavy atom. The maximum atomic E-state index is 12.8. The molecule has 106 valence electrons. The molecule has 0 aliphatic heterocycles. The molecule has 1 atom stereocenters. The molecule has 1 nitrogen and oxygen atoms in total. The van der Waals surface area contributed by atoms with Crippen molar-refractivity contribution in [2.75, 3.05) is 0 Å². The van der Waals surface area contributed by atoms with Crippen molar-refractivity contribution in [2.24, 2.45) is 0 Å². The highest BCUT2D eigenvalue weighted by Crippen LogP contribution is 2.37. The van der Waals surface area contributed by atoms with Crippen LogP contribution in [-0.2, 0) is 0 Å². The summed E-state index contributed by atoms with van der Waals surface area (Å²) in [7, 11) is 0. The molecule has 0 heterocycles. The van der Waals surface area contributed by atoms with Crippen LogP contribution >= 0.6 is 0 Å². The van der Waals surface area contributed by atoms with Gasteiger partial charge in [-0.05, 0) is 43.4 Å². The number of alkyl halides is 3. The van der Waals surface area contributed by atoms with Gasteiger partial charge in [0.05, 0.1) is 6.42 Å². The molecular weight excluding hydrogens is 258 g/mol. The van der Waals surface area contributed by atoms with E-state index in [1.807, 2.05) is 0 Å². The van der Waals surface area contributed by atoms with Gasteiger partial charge in [0.15, 0.2) is 0 Å². The van der Waals surface area contributed by atoms with Crippen LogP contribution in [-0.4, -0.2) is 18.3 Å². The summed E-state index contributed by atoms with van der Waals surface area (Å²) in [6.07, 6.45) is -3.29. The third-order valence-electron chi connectivity index (χ3n) is 3.54. The molecule has 5 heteroatoms. The lowest BCUT2D eigenvalue weighted by atomic mass is 9.75. The average molecular weight is 275 g/mol. The second kappa shape index (κ2) is 5.49. The number of nitrogens with one attached hydrogen (secondary N) is 1. The van der Waals surface area contributed by atoms with Crippen molar-refractivity contribution in [1.29, 1.82) is 0 Å². The molecule has 0 saturated heterocycles. The Morgan fingerprint density at radius 3 is 2.32 bits per heavy atom. The lowest BCUT2D eigenvalue weighted by Crippen LogP contribution is -2.45. The summed E-state index contributed by atoms with van der Waals surface area (Å²) in [4.78, 5) is 0. The van der Waals surface area contributed by atoms with E-state index in [1.54, 1.807) is 19.1 Å². The van der Waals surface area contributed by atoms with Crippen LogP contribution in [0.5, 0.6) is 0 Å². The summed E-state index contributed by atoms with van der Waals surface area (Å²) in [5.41, 5.74) is 1.06. The maximum Gasteiger partial charge on any atom is 0.390 e. The Morgan fingerprint density at radius 1 is 1.21 bits per heavy atom. The second-order valence-corrected chi connectivity index (χ2v) is 5.30. The maximum absolute atomic E-state index is 12.8. The standard InChI is InChI=1S/C14H17F4N/c1-9(8-14(16,17)18)19-13-6-11(7-13)10-2-4-12(15)5-3-10/h2-5,9,11,13,19H,6-8H2,1H3. The summed E-state index contributed by atoms with van der Waals surface area (Å²) in [5.74, 6) is 0.0627. The summed E-state index contributed by atoms with van der Waals surface area (Å²) >= 11 is 0. The number of hydrogen-bond donors (Lipinski definition) is 1. The fourth-order valence-corrected chi connectivity index (χ4v) is 2.57. The van der Waals surface area contributed by atoms with E-state index >= 15 is 0 Å². The van der Waals surface area contributed by atoms with E-state index < -0.39 is 18.6 Å². The van der Waals surface area contributed by atoms with Gasteiger partial charge in [-0.1, -0.05) is 12.1 Å². The first kappa shape index (κ1) is 14.3. The van der Waals surface area contributed by atoms with Crippen molar-refractivity contribution in [1.82, 2.24) is 5.32 Å². The predicted molar refractivity (Wildman–Crippen MR) is 65.4 cm³/mol. The van der Waals surface area contributed by atoms with E-state index in [2.05, 4.69) is 5.32 Å². The topological polar surface area (TPSA) is 12.0 Å². The molecule has 1 fully saturated rings. The molecule has 0 spiro atoms. The number of rotatable bonds is 4. The molecule has 0 bridgehead atoms. The molecular formula is C14H17F4N. The minimum absolute atomic E-state index is 0.132. The Bertz CT molecular complexity index is 406. The van der Waals surface area contributed by atoms with Gasteiger partial charge in [-0.25, -0.2) is 4.39 Å². The highest BCUT2D eigenvalue weighted by atomic mass is 19.4. The van der Waals surface area contributed by atoms with E-state index in [0.29, 0.717) is 5.92 Å². The van der Waals surface area contributed by atoms with Gasteiger partial charge in [-0.15, -0.1) is 0 Å². The molecule has 1 N–H and O–H groups in total. The molecule has 0 aromatic heterocycles. The molecule has 1 aliphatic carbocycles. The van der Waals surface area contributed by atoms with E-state index in [-0.39, 0.29) is 11.9 Å². The van der Waals surface area contributed by atoms with E-state index in [4.69, 9.17) is 0 Å². The van der Waals surface area contributed by atoms with Gasteiger partial charge in [0.1, 0.15) is 5.82 Å². The first-order valence-electron chi connectivity index (χ1n) is 6.42. The van der Waals surface area contributed by atoms with E-state index in [0.717, 1.165) is 18.4 Å². The normalized spacial score (nSPS) is 24.9. The van der Waals surface area contributed by atoms with Crippen molar-refractivity contribution in [3.05, 3.63) is 35.6 Å². The fourth-order valence-electron chi connectivity index (χ4n) is 2.57. The van der Waals surface area contributed by atoms with Crippen LogP contribution in [0.1, 0.15) is 37.7 Å². The third kappa shape index (κ3) is 4.20. The predicted octanol–water partition coefficient (Wildman–Crippen LogP) is 4.00. The van der Waals surface area contributed by atoms with E-state index in [1.165, 1.54) is 12.1 Å². The van der Waals surface area contributed by atoms with Gasteiger partial charge in [-0.3, -0.25) is 0 Å². The van der Waals surface area contributed by atoms with Crippen LogP contribution in [0, 0.1) is 5.82 Å². The first-order valence-corrected chi connectivity index (χ1v) is 6.42. The van der Waals surface area contributed by atoms with Gasteiger partial charge in [0, 0.05) is 12.1 Å². The molecule has 19 heavy (non-hydrogen) atoms. The molecule has 0 radical (unpaired) electrons. The molecule has 0 amide bonds. The third-order valence-corrected chi connectivity index (χ3v) is 3.54. The smallest absolute Gasteiger partial charge is 0.311 e. The zero-order chi connectivity index (χ0) is 14.0. The number of benzene rings is 1. The molecule has 1 unspecified atom stereocenters. The molecule has 1 saturated carbocycles. The Balaban J connectivity index is 1.76. The van der Waals surface area contributed by atoms with Crippen molar-refractivity contribution in [3.63, 3.8) is 0 Å². The largest absolute Gasteiger partial charge is 0.390 e. The van der Waals surface area contributed by atoms with Crippen molar-refractivity contribution in [3.8, 4) is 0 Å². The minimum Gasteiger partial charge on any atom is -0.311 e. The summed E-state index contributed by atoms with van der Waals surface area (Å²) in [6.45, 7) is 1.55. The molecule has 1 aromatic carbocycles. The molecule has 1 aromatic rings. The summed E-state index contributed by atoms with van der Waals surface area (Å²) in [6, 6.07) is 5.90. The average Bonchev–Trinajstić information content (AvgIpc) is 2.22. The SMILES string of the molecule is CC(CC(F)(F)F)NC1CC(c2ccc(F)cc2)C1. The van der Waals surface area contributed by atoms with Crippen LogP contribution in [0.25, 0.3) is 0 Å². The molecule has 1 aliphatic rings. The number of halogens is 4. The van der Waals surface area contributed by atoms with E-state index in [9.17, 15) is 17.6 Å². The van der Waals surface area contributed by atoms with Gasteiger partial charge >= 0.3 is 6.18 Å². The second-order valence-electron chi connectivity index (χ2n) is 5.30. The highest BCUT2D eigenvalue weighted by molar-refractivity contribution is 5.23. The van der Waals surface area contributed by atoms with Crippen molar-refractivity contribution < 1.29 is 17.6 Å². The van der Waals surface area contributed by atoms with Gasteiger partial charge < -0.3 is 5.32 Å². The van der Waals surface area contributed by atoms with Crippen LogP contribution in [0.4, 0.5) is 17.6 Å². The zero-order valence-electron chi connectivity index (χ0n) is 10.7. The monoisotopic (exact) mass is 275 g/mol. The van der Waals surface area contributed by atoms with Gasteiger partial charge in [-0.2, -0.15) is 13.2 Å². The van der Waals surface area contributed by atoms with Crippen molar-refractivity contribution >= 4 is 0 Å². The molecule has 2 rings (SSSR count). The van der Waals surface area contributed by atoms with Crippen LogP contribution in [0.15, 0.2) is 24.3 Å². The summed E-state index contributed by atoms with van der Waals surface area (Å²) < 4.78 is 49.3. The minimum atomic E-state index is -4.12. The Hall–Kier alpha value is -1.10. The quantitative estimate of drug-likeness (QED) is 0.819. The highest BCUT2D eigenvalue weighted by Gasteiger charge is 2.34. The fraction of sp³-hybridized carbons (Fsp3) is 0.571. The number of hydrogen-bond acceptors (Lipinski definition) is 1. The van der Waals surface area contributed by atoms with Gasteiger partial charge in [0.2, 0.25) is 0 Å². The first-order chi connectivity index (χ1) is 8.83. The van der Waals surface area contributed by atoms with Crippen molar-refractivity contribution in [2.45, 2.75) is 50.4 Å². The Kier molecular flexibility index (Phi) is 4.13. The zero-order valence-corrected chi connectivity index (χ0v) is 10.7.